The highest BCUT2D eigenvalue weighted by molar-refractivity contribution is 5.89. The average molecular weight is 869 g/mol. The lowest BCUT2D eigenvalue weighted by Crippen LogP contribution is -2.26. The molecular weight excluding hydrogens is 821 g/mol. The van der Waals surface area contributed by atoms with E-state index in [-0.39, 0.29) is 10.8 Å². The number of fused-ring (bicyclic) bond motifs is 12. The molecule has 0 saturated heterocycles. The highest BCUT2D eigenvalue weighted by Crippen LogP contribution is 2.58. The Morgan fingerprint density at radius 3 is 0.912 bits per heavy atom. The summed E-state index contributed by atoms with van der Waals surface area (Å²) < 4.78 is 0. The maximum Gasteiger partial charge on any atom is 0.0465 e. The minimum atomic E-state index is -0.0722. The SMILES string of the molecule is c1ccc(N(c2ccc(-c3ccc(N(c4ccccc4)c4ccc5c(c4)C4(Cc6ccccc6C4)c4ccccc4-5)cc3)cc2)c2ccc3c(c2)C2(Cc4ccccc4C2)c2ccccc2-3)cc1. The lowest BCUT2D eigenvalue weighted by Gasteiger charge is -2.30. The van der Waals surface area contributed by atoms with Crippen molar-refractivity contribution in [1.82, 2.24) is 0 Å². The van der Waals surface area contributed by atoms with E-state index in [4.69, 9.17) is 0 Å². The minimum Gasteiger partial charge on any atom is -0.310 e. The molecule has 0 aromatic heterocycles. The molecule has 0 N–H and O–H groups in total. The van der Waals surface area contributed by atoms with Crippen molar-refractivity contribution in [2.45, 2.75) is 36.5 Å². The van der Waals surface area contributed by atoms with Crippen LogP contribution in [0.4, 0.5) is 34.1 Å². The lowest BCUT2D eigenvalue weighted by atomic mass is 9.75. The van der Waals surface area contributed by atoms with E-state index in [0.717, 1.165) is 48.4 Å². The van der Waals surface area contributed by atoms with Gasteiger partial charge < -0.3 is 9.80 Å². The maximum atomic E-state index is 2.49. The number of anilines is 6. The molecule has 0 bridgehead atoms. The van der Waals surface area contributed by atoms with Gasteiger partial charge in [0.05, 0.1) is 0 Å². The molecule has 10 aromatic rings. The number of nitrogens with zero attached hydrogens (tertiary/aromatic N) is 2. The van der Waals surface area contributed by atoms with Crippen LogP contribution in [0.15, 0.2) is 243 Å². The summed E-state index contributed by atoms with van der Waals surface area (Å²) in [4.78, 5) is 4.85. The Labute approximate surface area is 399 Å². The molecule has 0 unspecified atom stereocenters. The molecule has 0 atom stereocenters. The largest absolute Gasteiger partial charge is 0.310 e. The van der Waals surface area contributed by atoms with E-state index >= 15 is 0 Å². The van der Waals surface area contributed by atoms with E-state index in [0.29, 0.717) is 0 Å². The molecule has 4 aliphatic carbocycles. The first-order valence-corrected chi connectivity index (χ1v) is 24.2. The molecule has 0 aliphatic heterocycles. The van der Waals surface area contributed by atoms with Crippen LogP contribution in [-0.2, 0) is 36.5 Å². The average Bonchev–Trinajstić information content (AvgIpc) is 4.14. The van der Waals surface area contributed by atoms with E-state index in [1.165, 1.54) is 89.3 Å². The van der Waals surface area contributed by atoms with Crippen molar-refractivity contribution in [2.24, 2.45) is 0 Å². The van der Waals surface area contributed by atoms with E-state index in [9.17, 15) is 0 Å². The smallest absolute Gasteiger partial charge is 0.0465 e. The third-order valence-electron chi connectivity index (χ3n) is 15.8. The normalized spacial score (nSPS) is 14.8. The summed E-state index contributed by atoms with van der Waals surface area (Å²) in [5.41, 5.74) is 26.2. The Balaban J connectivity index is 0.808. The molecular formula is C66H48N2. The van der Waals surface area contributed by atoms with Gasteiger partial charge in [-0.15, -0.1) is 0 Å². The Bertz CT molecular complexity index is 3280. The number of para-hydroxylation sites is 2. The highest BCUT2D eigenvalue weighted by Gasteiger charge is 2.48. The van der Waals surface area contributed by atoms with Crippen molar-refractivity contribution in [2.75, 3.05) is 9.80 Å². The standard InChI is InChI=1S/C66H48N2/c1-3-19-51(20-4-1)67(55-35-37-59-57-23-11-13-25-61(57)65(63(59)39-55)41-47-15-7-8-16-48(47)42-65)53-31-27-45(28-32-53)46-29-33-54(34-30-46)68(52-21-5-2-6-22-52)56-36-38-60-58-24-12-14-26-62(58)66(64(60)40-56)43-49-17-9-10-18-50(49)44-66/h1-40H,41-44H2. The van der Waals surface area contributed by atoms with Crippen LogP contribution >= 0.6 is 0 Å². The molecule has 68 heavy (non-hydrogen) atoms. The van der Waals surface area contributed by atoms with Crippen molar-refractivity contribution in [3.05, 3.63) is 287 Å². The second-order valence-electron chi connectivity index (χ2n) is 19.4. The van der Waals surface area contributed by atoms with E-state index in [1.807, 2.05) is 0 Å². The zero-order valence-corrected chi connectivity index (χ0v) is 37.8. The minimum absolute atomic E-state index is 0.0722. The molecule has 14 rings (SSSR count). The molecule has 0 radical (unpaired) electrons. The van der Waals surface area contributed by atoms with Gasteiger partial charge in [-0.05, 0) is 176 Å². The third kappa shape index (κ3) is 5.90. The molecule has 2 spiro atoms. The molecule has 10 aromatic carbocycles. The van der Waals surface area contributed by atoms with Crippen LogP contribution in [0.25, 0.3) is 33.4 Å². The van der Waals surface area contributed by atoms with Gasteiger partial charge in [0.2, 0.25) is 0 Å². The first-order valence-electron chi connectivity index (χ1n) is 24.2. The quantitative estimate of drug-likeness (QED) is 0.157. The van der Waals surface area contributed by atoms with Crippen LogP contribution in [0.3, 0.4) is 0 Å². The molecule has 0 heterocycles. The Kier molecular flexibility index (Phi) is 8.70. The fourth-order valence-electron chi connectivity index (χ4n) is 12.8. The molecule has 0 fully saturated rings. The van der Waals surface area contributed by atoms with Crippen molar-refractivity contribution < 1.29 is 0 Å². The summed E-state index contributed by atoms with van der Waals surface area (Å²) in [7, 11) is 0. The summed E-state index contributed by atoms with van der Waals surface area (Å²) in [5.74, 6) is 0. The predicted molar refractivity (Wildman–Crippen MR) is 281 cm³/mol. The van der Waals surface area contributed by atoms with Crippen molar-refractivity contribution >= 4 is 34.1 Å². The Morgan fingerprint density at radius 2 is 0.529 bits per heavy atom. The van der Waals surface area contributed by atoms with Crippen LogP contribution in [0.5, 0.6) is 0 Å². The predicted octanol–water partition coefficient (Wildman–Crippen LogP) is 16.4. The Morgan fingerprint density at radius 1 is 0.235 bits per heavy atom. The number of hydrogen-bond acceptors (Lipinski definition) is 2. The highest BCUT2D eigenvalue weighted by atomic mass is 15.1. The van der Waals surface area contributed by atoms with Crippen LogP contribution < -0.4 is 9.80 Å². The molecule has 322 valence electrons. The third-order valence-corrected chi connectivity index (χ3v) is 15.8. The topological polar surface area (TPSA) is 6.48 Å². The van der Waals surface area contributed by atoms with Crippen LogP contribution in [0.2, 0.25) is 0 Å². The zero-order chi connectivity index (χ0) is 44.8. The van der Waals surface area contributed by atoms with Gasteiger partial charge >= 0.3 is 0 Å². The van der Waals surface area contributed by atoms with Crippen molar-refractivity contribution in [1.29, 1.82) is 0 Å². The second kappa shape index (κ2) is 15.2. The van der Waals surface area contributed by atoms with Gasteiger partial charge in [-0.3, -0.25) is 0 Å². The van der Waals surface area contributed by atoms with E-state index < -0.39 is 0 Å². The number of rotatable bonds is 7. The fraction of sp³-hybridized carbons (Fsp3) is 0.0909. The molecule has 4 aliphatic rings. The Hall–Kier alpha value is -8.20. The first kappa shape index (κ1) is 39.0. The zero-order valence-electron chi connectivity index (χ0n) is 37.8. The van der Waals surface area contributed by atoms with Crippen LogP contribution in [-0.4, -0.2) is 0 Å². The van der Waals surface area contributed by atoms with E-state index in [1.54, 1.807) is 0 Å². The molecule has 2 heteroatoms. The summed E-state index contributed by atoms with van der Waals surface area (Å²) in [5, 5.41) is 0. The summed E-state index contributed by atoms with van der Waals surface area (Å²) >= 11 is 0. The van der Waals surface area contributed by atoms with Crippen molar-refractivity contribution in [3.63, 3.8) is 0 Å². The van der Waals surface area contributed by atoms with Crippen molar-refractivity contribution in [3.8, 4) is 33.4 Å². The first-order chi connectivity index (χ1) is 33.6. The molecule has 0 saturated carbocycles. The van der Waals surface area contributed by atoms with Gasteiger partial charge in [-0.2, -0.15) is 0 Å². The lowest BCUT2D eigenvalue weighted by molar-refractivity contribution is 0.563. The molecule has 0 amide bonds. The van der Waals surface area contributed by atoms with Crippen LogP contribution in [0, 0.1) is 0 Å². The van der Waals surface area contributed by atoms with Gasteiger partial charge in [0.1, 0.15) is 0 Å². The summed E-state index contributed by atoms with van der Waals surface area (Å²) in [6.45, 7) is 0. The van der Waals surface area contributed by atoms with Gasteiger partial charge in [0, 0.05) is 45.0 Å². The van der Waals surface area contributed by atoms with E-state index in [2.05, 4.69) is 252 Å². The fourth-order valence-corrected chi connectivity index (χ4v) is 12.8. The van der Waals surface area contributed by atoms with Gasteiger partial charge in [-0.25, -0.2) is 0 Å². The van der Waals surface area contributed by atoms with Gasteiger partial charge in [-0.1, -0.05) is 170 Å². The number of benzene rings is 10. The molecule has 2 nitrogen and oxygen atoms in total. The number of hydrogen-bond donors (Lipinski definition) is 0. The van der Waals surface area contributed by atoms with Gasteiger partial charge in [0.15, 0.2) is 0 Å². The summed E-state index contributed by atoms with van der Waals surface area (Å²) in [6, 6.07) is 90.6. The second-order valence-corrected chi connectivity index (χ2v) is 19.4. The monoisotopic (exact) mass is 868 g/mol. The van der Waals surface area contributed by atoms with Gasteiger partial charge in [0.25, 0.3) is 0 Å². The summed E-state index contributed by atoms with van der Waals surface area (Å²) in [6.07, 6.45) is 4.10. The van der Waals surface area contributed by atoms with Crippen LogP contribution in [0.1, 0.15) is 44.5 Å². The maximum absolute atomic E-state index is 2.49.